The highest BCUT2D eigenvalue weighted by molar-refractivity contribution is 5.73. The lowest BCUT2D eigenvalue weighted by molar-refractivity contribution is -0.149. The van der Waals surface area contributed by atoms with Crippen LogP contribution in [0.2, 0.25) is 0 Å². The Bertz CT molecular complexity index is 1880. The third-order valence-electron chi connectivity index (χ3n) is 16.2. The molecular formula is C54H69NO3. The average molecular weight is 780 g/mol. The van der Waals surface area contributed by atoms with Crippen molar-refractivity contribution in [2.45, 2.75) is 115 Å². The second-order valence-electron chi connectivity index (χ2n) is 19.3. The van der Waals surface area contributed by atoms with Crippen LogP contribution in [0.4, 0.5) is 0 Å². The molecule has 9 rings (SSSR count). The van der Waals surface area contributed by atoms with Crippen molar-refractivity contribution in [1.29, 1.82) is 0 Å². The number of aliphatic carboxylic acids is 1. The van der Waals surface area contributed by atoms with Gasteiger partial charge in [0, 0.05) is 5.41 Å². The second kappa shape index (κ2) is 18.6. The van der Waals surface area contributed by atoms with Crippen LogP contribution in [0.5, 0.6) is 5.75 Å². The van der Waals surface area contributed by atoms with Crippen molar-refractivity contribution in [2.24, 2.45) is 64.4 Å². The zero-order valence-electron chi connectivity index (χ0n) is 34.9. The predicted molar refractivity (Wildman–Crippen MR) is 237 cm³/mol. The largest absolute Gasteiger partial charge is 0.508 e. The van der Waals surface area contributed by atoms with E-state index in [1.165, 1.54) is 61.6 Å². The minimum absolute atomic E-state index is 0.0376. The van der Waals surface area contributed by atoms with Gasteiger partial charge < -0.3 is 15.9 Å². The molecule has 0 radical (unpaired) electrons. The van der Waals surface area contributed by atoms with Gasteiger partial charge in [0.1, 0.15) is 5.75 Å². The molecule has 0 saturated heterocycles. The zero-order chi connectivity index (χ0) is 40.0. The first kappa shape index (κ1) is 40.9. The summed E-state index contributed by atoms with van der Waals surface area (Å²) >= 11 is 0. The summed E-state index contributed by atoms with van der Waals surface area (Å²) in [6.45, 7) is 0.546. The molecule has 3 aromatic rings. The highest BCUT2D eigenvalue weighted by atomic mass is 16.4. The van der Waals surface area contributed by atoms with Gasteiger partial charge in [0.05, 0.1) is 5.92 Å². The summed E-state index contributed by atoms with van der Waals surface area (Å²) in [5.41, 5.74) is 10.5. The van der Waals surface area contributed by atoms with Crippen LogP contribution in [0, 0.1) is 58.7 Å². The van der Waals surface area contributed by atoms with Gasteiger partial charge in [-0.05, 0) is 159 Å². The fourth-order valence-corrected chi connectivity index (χ4v) is 13.7. The first-order valence-corrected chi connectivity index (χ1v) is 23.2. The summed E-state index contributed by atoms with van der Waals surface area (Å²) in [5.74, 6) is 1.66. The van der Waals surface area contributed by atoms with Crippen molar-refractivity contribution < 1.29 is 15.0 Å². The Kier molecular flexibility index (Phi) is 13.1. The van der Waals surface area contributed by atoms with Crippen molar-refractivity contribution in [3.05, 3.63) is 138 Å². The molecule has 58 heavy (non-hydrogen) atoms. The van der Waals surface area contributed by atoms with Gasteiger partial charge in [-0.2, -0.15) is 0 Å². The molecule has 0 heterocycles. The van der Waals surface area contributed by atoms with Gasteiger partial charge in [0.15, 0.2) is 0 Å². The third kappa shape index (κ3) is 8.56. The summed E-state index contributed by atoms with van der Waals surface area (Å²) in [6, 6.07) is 30.1. The molecule has 0 aromatic heterocycles. The molecule has 2 bridgehead atoms. The molecule has 0 amide bonds. The Labute approximate surface area is 349 Å². The summed E-state index contributed by atoms with van der Waals surface area (Å²) in [6.07, 6.45) is 34.8. The second-order valence-corrected chi connectivity index (χ2v) is 19.3. The number of aromatic hydroxyl groups is 1. The number of carbonyl (C=O) groups is 1. The van der Waals surface area contributed by atoms with E-state index >= 15 is 0 Å². The van der Waals surface area contributed by atoms with Crippen LogP contribution in [-0.4, -0.2) is 22.7 Å². The van der Waals surface area contributed by atoms with Crippen molar-refractivity contribution >= 4 is 5.97 Å². The fraction of sp³-hybridized carbons (Fsp3) is 0.537. The van der Waals surface area contributed by atoms with Crippen LogP contribution in [0.1, 0.15) is 113 Å². The van der Waals surface area contributed by atoms with Gasteiger partial charge in [-0.25, -0.2) is 0 Å². The molecule has 3 saturated carbocycles. The molecule has 4 nitrogen and oxygen atoms in total. The number of benzene rings is 3. The molecule has 10 atom stereocenters. The Balaban J connectivity index is 1.19. The number of allylic oxidation sites excluding steroid dienone is 4. The predicted octanol–water partition coefficient (Wildman–Crippen LogP) is 12.3. The minimum atomic E-state index is -0.690. The van der Waals surface area contributed by atoms with Crippen LogP contribution in [0.15, 0.2) is 121 Å². The molecule has 6 aliphatic carbocycles. The molecule has 0 aliphatic heterocycles. The van der Waals surface area contributed by atoms with Gasteiger partial charge in [-0.15, -0.1) is 0 Å². The molecule has 6 aliphatic rings. The molecule has 0 spiro atoms. The lowest BCUT2D eigenvalue weighted by Crippen LogP contribution is -2.61. The molecule has 4 heteroatoms. The summed E-state index contributed by atoms with van der Waals surface area (Å²) < 4.78 is 0. The molecule has 1 unspecified atom stereocenters. The van der Waals surface area contributed by atoms with Crippen molar-refractivity contribution in [3.63, 3.8) is 0 Å². The first-order chi connectivity index (χ1) is 28.4. The van der Waals surface area contributed by atoms with E-state index < -0.39 is 11.9 Å². The van der Waals surface area contributed by atoms with Gasteiger partial charge in [-0.1, -0.05) is 148 Å². The quantitative estimate of drug-likeness (QED) is 0.134. The Morgan fingerprint density at radius 2 is 1.60 bits per heavy atom. The van der Waals surface area contributed by atoms with Crippen LogP contribution < -0.4 is 5.73 Å². The van der Waals surface area contributed by atoms with E-state index in [4.69, 9.17) is 5.73 Å². The minimum Gasteiger partial charge on any atom is -0.508 e. The number of hydrogen-bond acceptors (Lipinski definition) is 3. The molecule has 4 N–H and O–H groups in total. The van der Waals surface area contributed by atoms with E-state index in [0.29, 0.717) is 30.0 Å². The van der Waals surface area contributed by atoms with Crippen molar-refractivity contribution in [1.82, 2.24) is 0 Å². The monoisotopic (exact) mass is 780 g/mol. The highest BCUT2D eigenvalue weighted by Crippen LogP contribution is 2.67. The molecule has 3 fully saturated rings. The number of phenols is 1. The highest BCUT2D eigenvalue weighted by Gasteiger charge is 2.63. The Hall–Kier alpha value is -3.89. The SMILES string of the molecule is NC[C@@H]1C=C[C@H](C(=O)O)C2[C@H]1[C@@]1(C[C@@H](CC=CCCC3CCCCC3)CCc3ccccc3)C=C[C@@H]2[C@@]2(c3ccccc3)CCC[C@H](Cc3cccc(O)c3)[C@H]2CC1. The molecule has 308 valence electrons. The number of aryl methyl sites for hydroxylation is 1. The van der Waals surface area contributed by atoms with Crippen LogP contribution in [0.25, 0.3) is 0 Å². The molecular weight excluding hydrogens is 711 g/mol. The number of nitrogens with two attached hydrogens (primary N) is 1. The first-order valence-electron chi connectivity index (χ1n) is 23.2. The summed E-state index contributed by atoms with van der Waals surface area (Å²) in [7, 11) is 0. The standard InChI is InChI=1S/C54H69NO3/c55-38-44-28-29-47(52(57)58)50-49-31-34-53(51(44)50,37-41(27-26-40-18-8-2-9-19-40)20-10-3-7-17-39-15-5-1-6-16-39)33-30-48-43(35-42-21-13-25-46(56)36-42)22-14-32-54(48,49)45-23-11-4-12-24-45/h2-4,8-13,18-19,21,23-25,28-29,31,34,36,39,41,43-44,47-51,56H,1,5-7,14-17,20,22,26-27,30,32-33,35,37-38,55H2,(H,57,58)/t41-,43+,44-,47-,48+,49-,50?,51-,53+,54+/m0/s1. The Morgan fingerprint density at radius 1 is 0.828 bits per heavy atom. The van der Waals surface area contributed by atoms with Gasteiger partial charge in [0.25, 0.3) is 0 Å². The van der Waals surface area contributed by atoms with E-state index in [2.05, 4.69) is 97.1 Å². The van der Waals surface area contributed by atoms with Gasteiger partial charge >= 0.3 is 5.97 Å². The smallest absolute Gasteiger partial charge is 0.310 e. The number of phenolic OH excluding ortho intramolecular Hbond substituents is 1. The topological polar surface area (TPSA) is 83.6 Å². The van der Waals surface area contributed by atoms with Crippen molar-refractivity contribution in [3.8, 4) is 5.75 Å². The number of carboxylic acids is 1. The maximum atomic E-state index is 13.6. The van der Waals surface area contributed by atoms with Crippen molar-refractivity contribution in [2.75, 3.05) is 6.54 Å². The lowest BCUT2D eigenvalue weighted by atomic mass is 9.39. The maximum absolute atomic E-state index is 13.6. The number of rotatable bonds is 15. The average Bonchev–Trinajstić information content (AvgIpc) is 3.24. The zero-order valence-corrected chi connectivity index (χ0v) is 34.9. The summed E-state index contributed by atoms with van der Waals surface area (Å²) in [5, 5.41) is 21.7. The van der Waals surface area contributed by atoms with E-state index in [1.54, 1.807) is 6.07 Å². The number of fused-ring (bicyclic) bond motifs is 1. The van der Waals surface area contributed by atoms with Gasteiger partial charge in [0.2, 0.25) is 0 Å². The number of hydrogen-bond donors (Lipinski definition) is 3. The maximum Gasteiger partial charge on any atom is 0.310 e. The van der Waals surface area contributed by atoms with Gasteiger partial charge in [-0.3, -0.25) is 4.79 Å². The van der Waals surface area contributed by atoms with Crippen LogP contribution >= 0.6 is 0 Å². The normalized spacial score (nSPS) is 32.6. The molecule has 3 aromatic carbocycles. The lowest BCUT2D eigenvalue weighted by Gasteiger charge is -2.64. The van der Waals surface area contributed by atoms with E-state index in [0.717, 1.165) is 70.1 Å². The fourth-order valence-electron chi connectivity index (χ4n) is 13.7. The van der Waals surface area contributed by atoms with Crippen LogP contribution in [-0.2, 0) is 23.1 Å². The van der Waals surface area contributed by atoms with E-state index in [1.807, 2.05) is 18.2 Å². The Morgan fingerprint density at radius 3 is 2.36 bits per heavy atom. The van der Waals surface area contributed by atoms with E-state index in [-0.39, 0.29) is 34.5 Å². The van der Waals surface area contributed by atoms with E-state index in [9.17, 15) is 15.0 Å². The summed E-state index contributed by atoms with van der Waals surface area (Å²) in [4.78, 5) is 13.6. The number of carboxylic acid groups (broad SMARTS) is 1. The third-order valence-corrected chi connectivity index (χ3v) is 16.2. The van der Waals surface area contributed by atoms with Crippen LogP contribution in [0.3, 0.4) is 0 Å².